The maximum absolute atomic E-state index is 12.4. The number of carbonyl (C=O) groups is 2. The Labute approximate surface area is 159 Å². The number of anilines is 1. The van der Waals surface area contributed by atoms with Crippen molar-refractivity contribution in [2.24, 2.45) is 0 Å². The highest BCUT2D eigenvalue weighted by Crippen LogP contribution is 2.16. The van der Waals surface area contributed by atoms with E-state index in [0.717, 1.165) is 43.7 Å². The first-order valence-electron chi connectivity index (χ1n) is 9.23. The zero-order valence-electron chi connectivity index (χ0n) is 15.5. The zero-order chi connectivity index (χ0) is 19.1. The molecule has 1 saturated heterocycles. The number of methoxy groups -OCH3 is 1. The maximum Gasteiger partial charge on any atom is 0.319 e. The molecule has 2 aromatic rings. The molecular formula is C21H25N3O3. The van der Waals surface area contributed by atoms with Gasteiger partial charge in [0.05, 0.1) is 7.11 Å². The Balaban J connectivity index is 1.48. The Morgan fingerprint density at radius 2 is 1.81 bits per heavy atom. The van der Waals surface area contributed by atoms with Crippen molar-refractivity contribution < 1.29 is 14.3 Å². The van der Waals surface area contributed by atoms with E-state index in [2.05, 4.69) is 10.6 Å². The van der Waals surface area contributed by atoms with E-state index >= 15 is 0 Å². The third-order valence-electron chi connectivity index (χ3n) is 4.62. The Bertz CT molecular complexity index is 784. The Morgan fingerprint density at radius 1 is 1.07 bits per heavy atom. The van der Waals surface area contributed by atoms with Crippen molar-refractivity contribution >= 4 is 17.6 Å². The lowest BCUT2D eigenvalue weighted by Gasteiger charge is -2.16. The quantitative estimate of drug-likeness (QED) is 0.823. The van der Waals surface area contributed by atoms with Crippen LogP contribution in [-0.2, 0) is 6.42 Å². The number of benzene rings is 2. The van der Waals surface area contributed by atoms with Crippen LogP contribution in [-0.4, -0.2) is 43.6 Å². The Kier molecular flexibility index (Phi) is 6.30. The van der Waals surface area contributed by atoms with Crippen LogP contribution in [0.4, 0.5) is 10.5 Å². The fourth-order valence-corrected chi connectivity index (χ4v) is 3.12. The molecule has 27 heavy (non-hydrogen) atoms. The number of carbonyl (C=O) groups excluding carboxylic acids is 2. The van der Waals surface area contributed by atoms with Crippen molar-refractivity contribution in [1.29, 1.82) is 0 Å². The minimum absolute atomic E-state index is 0.0241. The van der Waals surface area contributed by atoms with Gasteiger partial charge in [0, 0.05) is 30.9 Å². The van der Waals surface area contributed by atoms with Crippen molar-refractivity contribution in [3.63, 3.8) is 0 Å². The van der Waals surface area contributed by atoms with Gasteiger partial charge in [-0.3, -0.25) is 4.79 Å². The molecule has 0 radical (unpaired) electrons. The third kappa shape index (κ3) is 5.23. The van der Waals surface area contributed by atoms with Gasteiger partial charge in [-0.1, -0.05) is 18.2 Å². The standard InChI is InChI=1S/C21H25N3O3/c1-27-19-9-7-16(8-10-19)11-12-22-21(26)23-18-6-4-5-17(15-18)20(25)24-13-2-3-14-24/h4-10,15H,2-3,11-14H2,1H3,(H2,22,23,26). The molecule has 1 aliphatic rings. The van der Waals surface area contributed by atoms with Crippen LogP contribution < -0.4 is 15.4 Å². The monoisotopic (exact) mass is 367 g/mol. The van der Waals surface area contributed by atoms with Crippen LogP contribution >= 0.6 is 0 Å². The number of amides is 3. The molecule has 1 heterocycles. The van der Waals surface area contributed by atoms with Gasteiger partial charge < -0.3 is 20.3 Å². The van der Waals surface area contributed by atoms with Gasteiger partial charge in [-0.2, -0.15) is 0 Å². The first kappa shape index (κ1) is 18.8. The minimum Gasteiger partial charge on any atom is -0.497 e. The summed E-state index contributed by atoms with van der Waals surface area (Å²) < 4.78 is 5.13. The fourth-order valence-electron chi connectivity index (χ4n) is 3.12. The second kappa shape index (κ2) is 9.07. The summed E-state index contributed by atoms with van der Waals surface area (Å²) in [6.07, 6.45) is 2.84. The van der Waals surface area contributed by atoms with Gasteiger partial charge in [-0.05, 0) is 55.2 Å². The molecule has 3 rings (SSSR count). The van der Waals surface area contributed by atoms with Gasteiger partial charge in [0.25, 0.3) is 5.91 Å². The van der Waals surface area contributed by atoms with Gasteiger partial charge in [0.1, 0.15) is 5.75 Å². The van der Waals surface area contributed by atoms with E-state index < -0.39 is 0 Å². The highest BCUT2D eigenvalue weighted by molar-refractivity contribution is 5.97. The summed E-state index contributed by atoms with van der Waals surface area (Å²) in [6.45, 7) is 2.13. The lowest BCUT2D eigenvalue weighted by Crippen LogP contribution is -2.31. The number of hydrogen-bond donors (Lipinski definition) is 2. The predicted molar refractivity (Wildman–Crippen MR) is 105 cm³/mol. The number of hydrogen-bond acceptors (Lipinski definition) is 3. The van der Waals surface area contributed by atoms with Crippen molar-refractivity contribution in [2.45, 2.75) is 19.3 Å². The lowest BCUT2D eigenvalue weighted by molar-refractivity contribution is 0.0793. The molecule has 0 atom stereocenters. The molecule has 1 fully saturated rings. The number of nitrogens with zero attached hydrogens (tertiary/aromatic N) is 1. The summed E-state index contributed by atoms with van der Waals surface area (Å²) in [6, 6.07) is 14.6. The average molecular weight is 367 g/mol. The average Bonchev–Trinajstić information content (AvgIpc) is 3.23. The van der Waals surface area contributed by atoms with E-state index in [1.165, 1.54) is 0 Å². The van der Waals surface area contributed by atoms with Crippen LogP contribution in [0.2, 0.25) is 0 Å². The van der Waals surface area contributed by atoms with Crippen LogP contribution in [0.1, 0.15) is 28.8 Å². The molecule has 2 N–H and O–H groups in total. The number of ether oxygens (including phenoxy) is 1. The van der Waals surface area contributed by atoms with Crippen LogP contribution in [0, 0.1) is 0 Å². The fraction of sp³-hybridized carbons (Fsp3) is 0.333. The summed E-state index contributed by atoms with van der Waals surface area (Å²) in [7, 11) is 1.63. The van der Waals surface area contributed by atoms with E-state index in [1.54, 1.807) is 31.4 Å². The van der Waals surface area contributed by atoms with Crippen molar-refractivity contribution in [1.82, 2.24) is 10.2 Å². The molecule has 0 saturated carbocycles. The number of rotatable bonds is 6. The highest BCUT2D eigenvalue weighted by atomic mass is 16.5. The first-order chi connectivity index (χ1) is 13.2. The van der Waals surface area contributed by atoms with Crippen LogP contribution in [0.25, 0.3) is 0 Å². The molecule has 0 bridgehead atoms. The molecule has 0 spiro atoms. The van der Waals surface area contributed by atoms with Crippen LogP contribution in [0.5, 0.6) is 5.75 Å². The summed E-state index contributed by atoms with van der Waals surface area (Å²) in [5, 5.41) is 5.63. The molecule has 6 heteroatoms. The van der Waals surface area contributed by atoms with Crippen molar-refractivity contribution in [3.05, 3.63) is 59.7 Å². The van der Waals surface area contributed by atoms with E-state index in [9.17, 15) is 9.59 Å². The molecule has 1 aliphatic heterocycles. The Morgan fingerprint density at radius 3 is 2.52 bits per heavy atom. The maximum atomic E-state index is 12.4. The first-order valence-corrected chi connectivity index (χ1v) is 9.23. The van der Waals surface area contributed by atoms with Crippen LogP contribution in [0.3, 0.4) is 0 Å². The molecule has 0 unspecified atom stereocenters. The van der Waals surface area contributed by atoms with Crippen molar-refractivity contribution in [3.8, 4) is 5.75 Å². The van der Waals surface area contributed by atoms with Gasteiger partial charge in [0.15, 0.2) is 0 Å². The molecule has 6 nitrogen and oxygen atoms in total. The molecule has 0 aliphatic carbocycles. The van der Waals surface area contributed by atoms with E-state index in [0.29, 0.717) is 17.8 Å². The predicted octanol–water partition coefficient (Wildman–Crippen LogP) is 3.30. The lowest BCUT2D eigenvalue weighted by atomic mass is 10.1. The number of nitrogens with one attached hydrogen (secondary N) is 2. The molecule has 3 amide bonds. The summed E-state index contributed by atoms with van der Waals surface area (Å²) in [5.74, 6) is 0.837. The molecule has 0 aromatic heterocycles. The number of urea groups is 1. The number of likely N-dealkylation sites (tertiary alicyclic amines) is 1. The van der Waals surface area contributed by atoms with Gasteiger partial charge >= 0.3 is 6.03 Å². The third-order valence-corrected chi connectivity index (χ3v) is 4.62. The largest absolute Gasteiger partial charge is 0.497 e. The zero-order valence-corrected chi connectivity index (χ0v) is 15.5. The molecular weight excluding hydrogens is 342 g/mol. The minimum atomic E-state index is -0.283. The Hall–Kier alpha value is -3.02. The topological polar surface area (TPSA) is 70.7 Å². The van der Waals surface area contributed by atoms with Gasteiger partial charge in [-0.25, -0.2) is 4.79 Å². The molecule has 142 valence electrons. The summed E-state index contributed by atoms with van der Waals surface area (Å²) >= 11 is 0. The van der Waals surface area contributed by atoms with Crippen LogP contribution in [0.15, 0.2) is 48.5 Å². The van der Waals surface area contributed by atoms with Gasteiger partial charge in [0.2, 0.25) is 0 Å². The van der Waals surface area contributed by atoms with E-state index in [-0.39, 0.29) is 11.9 Å². The smallest absolute Gasteiger partial charge is 0.319 e. The molecule has 2 aromatic carbocycles. The second-order valence-corrected chi connectivity index (χ2v) is 6.56. The highest BCUT2D eigenvalue weighted by Gasteiger charge is 2.19. The second-order valence-electron chi connectivity index (χ2n) is 6.56. The van der Waals surface area contributed by atoms with E-state index in [4.69, 9.17) is 4.74 Å². The summed E-state index contributed by atoms with van der Waals surface area (Å²) in [4.78, 5) is 26.4. The van der Waals surface area contributed by atoms with Crippen molar-refractivity contribution in [2.75, 3.05) is 32.1 Å². The van der Waals surface area contributed by atoms with E-state index in [1.807, 2.05) is 29.2 Å². The SMILES string of the molecule is COc1ccc(CCNC(=O)Nc2cccc(C(=O)N3CCCC3)c2)cc1. The normalized spacial score (nSPS) is 13.3. The summed E-state index contributed by atoms with van der Waals surface area (Å²) in [5.41, 5.74) is 2.34. The van der Waals surface area contributed by atoms with Gasteiger partial charge in [-0.15, -0.1) is 0 Å².